The first-order valence-corrected chi connectivity index (χ1v) is 10.8. The van der Waals surface area contributed by atoms with Crippen molar-refractivity contribution in [1.82, 2.24) is 10.3 Å². The lowest BCUT2D eigenvalue weighted by molar-refractivity contribution is -0.122. The summed E-state index contributed by atoms with van der Waals surface area (Å²) < 4.78 is 18.3. The summed E-state index contributed by atoms with van der Waals surface area (Å²) in [6.45, 7) is 0.524. The van der Waals surface area contributed by atoms with Gasteiger partial charge in [-0.3, -0.25) is 14.9 Å². The van der Waals surface area contributed by atoms with Crippen LogP contribution in [0.3, 0.4) is 0 Å². The molecule has 8 heteroatoms. The second-order valence-electron chi connectivity index (χ2n) is 7.27. The van der Waals surface area contributed by atoms with E-state index in [4.69, 9.17) is 4.74 Å². The fraction of sp³-hybridized carbons (Fsp3) is 0.261. The number of aromatic nitrogens is 1. The predicted octanol–water partition coefficient (Wildman–Crippen LogP) is 3.93. The van der Waals surface area contributed by atoms with Gasteiger partial charge in [-0.1, -0.05) is 12.1 Å². The molecule has 6 nitrogen and oxygen atoms in total. The van der Waals surface area contributed by atoms with Crippen molar-refractivity contribution in [2.75, 3.05) is 19.0 Å². The monoisotopic (exact) mass is 439 g/mol. The summed E-state index contributed by atoms with van der Waals surface area (Å²) in [6.07, 6.45) is 2.18. The van der Waals surface area contributed by atoms with E-state index in [9.17, 15) is 14.0 Å². The fourth-order valence-electron chi connectivity index (χ4n) is 3.59. The molecule has 1 aromatic heterocycles. The normalized spacial score (nSPS) is 14.7. The average Bonchev–Trinajstić information content (AvgIpc) is 3.34. The average molecular weight is 440 g/mol. The molecule has 0 radical (unpaired) electrons. The highest BCUT2D eigenvalue weighted by Gasteiger charge is 2.32. The van der Waals surface area contributed by atoms with E-state index >= 15 is 0 Å². The molecule has 4 rings (SSSR count). The summed E-state index contributed by atoms with van der Waals surface area (Å²) in [4.78, 5) is 30.6. The number of hydrogen-bond acceptors (Lipinski definition) is 5. The van der Waals surface area contributed by atoms with Gasteiger partial charge >= 0.3 is 0 Å². The van der Waals surface area contributed by atoms with Crippen LogP contribution in [0.15, 0.2) is 48.5 Å². The maximum Gasteiger partial charge on any atom is 0.257 e. The van der Waals surface area contributed by atoms with Gasteiger partial charge in [0.25, 0.3) is 5.91 Å². The van der Waals surface area contributed by atoms with Crippen LogP contribution >= 0.6 is 11.3 Å². The van der Waals surface area contributed by atoms with Crippen LogP contribution in [-0.4, -0.2) is 30.5 Å². The number of thiazole rings is 1. The van der Waals surface area contributed by atoms with Gasteiger partial charge in [0.1, 0.15) is 11.6 Å². The summed E-state index contributed by atoms with van der Waals surface area (Å²) in [6, 6.07) is 13.1. The van der Waals surface area contributed by atoms with Gasteiger partial charge in [-0.2, -0.15) is 0 Å². The van der Waals surface area contributed by atoms with Crippen molar-refractivity contribution in [3.05, 3.63) is 76.0 Å². The van der Waals surface area contributed by atoms with Crippen molar-refractivity contribution in [3.8, 4) is 5.75 Å². The van der Waals surface area contributed by atoms with Gasteiger partial charge in [0.15, 0.2) is 5.13 Å². The van der Waals surface area contributed by atoms with Crippen molar-refractivity contribution in [3.63, 3.8) is 0 Å². The maximum absolute atomic E-state index is 13.0. The van der Waals surface area contributed by atoms with E-state index in [1.54, 1.807) is 7.11 Å². The largest absolute Gasteiger partial charge is 0.497 e. The number of amides is 2. The Hall–Kier alpha value is -3.26. The zero-order valence-corrected chi connectivity index (χ0v) is 17.8. The number of rotatable bonds is 7. The van der Waals surface area contributed by atoms with Gasteiger partial charge in [0, 0.05) is 17.0 Å². The Morgan fingerprint density at radius 3 is 2.81 bits per heavy atom. The van der Waals surface area contributed by atoms with Gasteiger partial charge < -0.3 is 10.1 Å². The molecule has 0 saturated carbocycles. The van der Waals surface area contributed by atoms with Crippen molar-refractivity contribution in [2.24, 2.45) is 0 Å². The molecule has 2 N–H and O–H groups in total. The van der Waals surface area contributed by atoms with Gasteiger partial charge in [0.05, 0.1) is 18.7 Å². The Balaban J connectivity index is 1.34. The van der Waals surface area contributed by atoms with Crippen LogP contribution in [0.4, 0.5) is 9.52 Å². The highest BCUT2D eigenvalue weighted by molar-refractivity contribution is 7.16. The third-order valence-electron chi connectivity index (χ3n) is 5.21. The molecular weight excluding hydrogens is 417 g/mol. The van der Waals surface area contributed by atoms with E-state index in [0.29, 0.717) is 30.1 Å². The predicted molar refractivity (Wildman–Crippen MR) is 117 cm³/mol. The molecule has 0 bridgehead atoms. The number of fused-ring (bicyclic) bond motifs is 1. The number of benzene rings is 2. The number of ether oxygens (including phenoxy) is 1. The molecule has 0 saturated heterocycles. The highest BCUT2D eigenvalue weighted by Crippen LogP contribution is 2.38. The molecule has 0 unspecified atom stereocenters. The molecule has 2 aromatic carbocycles. The van der Waals surface area contributed by atoms with Gasteiger partial charge in [-0.15, -0.1) is 11.3 Å². The van der Waals surface area contributed by atoms with Gasteiger partial charge in [-0.25, -0.2) is 9.37 Å². The first-order chi connectivity index (χ1) is 15.0. The maximum atomic E-state index is 13.0. The zero-order chi connectivity index (χ0) is 21.8. The number of nitrogens with zero attached hydrogens (tertiary/aromatic N) is 1. The number of aryl methyl sites for hydroxylation is 1. The number of halogens is 1. The summed E-state index contributed by atoms with van der Waals surface area (Å²) in [5.74, 6) is -0.324. The number of hydrogen-bond donors (Lipinski definition) is 2. The van der Waals surface area contributed by atoms with E-state index in [-0.39, 0.29) is 17.7 Å². The smallest absolute Gasteiger partial charge is 0.257 e. The summed E-state index contributed by atoms with van der Waals surface area (Å²) in [5.41, 5.74) is 2.17. The van der Waals surface area contributed by atoms with Crippen molar-refractivity contribution >= 4 is 28.3 Å². The molecule has 1 heterocycles. The molecule has 1 atom stereocenters. The van der Waals surface area contributed by atoms with Crippen molar-refractivity contribution < 1.29 is 18.7 Å². The minimum Gasteiger partial charge on any atom is -0.497 e. The van der Waals surface area contributed by atoms with Crippen LogP contribution < -0.4 is 15.4 Å². The summed E-state index contributed by atoms with van der Waals surface area (Å²) in [5, 5.41) is 6.19. The molecule has 160 valence electrons. The second kappa shape index (κ2) is 9.26. The lowest BCUT2D eigenvalue weighted by Gasteiger charge is -2.11. The molecule has 2 amide bonds. The van der Waals surface area contributed by atoms with Gasteiger partial charge in [0.2, 0.25) is 5.91 Å². The van der Waals surface area contributed by atoms with Crippen LogP contribution in [0.25, 0.3) is 0 Å². The van der Waals surface area contributed by atoms with E-state index in [1.165, 1.54) is 35.6 Å². The van der Waals surface area contributed by atoms with E-state index in [0.717, 1.165) is 28.3 Å². The Morgan fingerprint density at radius 2 is 2.03 bits per heavy atom. The van der Waals surface area contributed by atoms with Crippen LogP contribution in [0.5, 0.6) is 5.75 Å². The number of carbonyl (C=O) groups is 2. The van der Waals surface area contributed by atoms with Crippen molar-refractivity contribution in [1.29, 1.82) is 0 Å². The Bertz CT molecular complexity index is 1100. The lowest BCUT2D eigenvalue weighted by atomic mass is 10.1. The minimum absolute atomic E-state index is 0.0524. The number of nitrogens with one attached hydrogen (secondary N) is 2. The number of methoxy groups -OCH3 is 1. The molecule has 31 heavy (non-hydrogen) atoms. The molecule has 3 aromatic rings. The zero-order valence-electron chi connectivity index (χ0n) is 17.0. The molecule has 1 aliphatic rings. The highest BCUT2D eigenvalue weighted by atomic mass is 32.1. The van der Waals surface area contributed by atoms with Crippen LogP contribution in [0.1, 0.15) is 38.8 Å². The lowest BCUT2D eigenvalue weighted by Crippen LogP contribution is -2.30. The number of anilines is 1. The Labute approximate surface area is 183 Å². The van der Waals surface area contributed by atoms with Gasteiger partial charge in [-0.05, 0) is 61.2 Å². The third kappa shape index (κ3) is 4.91. The van der Waals surface area contributed by atoms with E-state index < -0.39 is 5.82 Å². The SMILES string of the molecule is COc1cccc(CCNC(=O)[C@@H]2CCc3sc(NC(=O)c4ccc(F)cc4)nc32)c1. The first-order valence-electron chi connectivity index (χ1n) is 10.0. The molecular formula is C23H22FN3O3S. The molecule has 0 fully saturated rings. The quantitative estimate of drug-likeness (QED) is 0.585. The Kier molecular flexibility index (Phi) is 6.27. The number of carbonyl (C=O) groups excluding carboxylic acids is 2. The van der Waals surface area contributed by atoms with Crippen LogP contribution in [-0.2, 0) is 17.6 Å². The molecule has 0 aliphatic heterocycles. The standard InChI is InChI=1S/C23H22FN3O3S/c1-30-17-4-2-3-14(13-17)11-12-25-22(29)18-9-10-19-20(18)26-23(31-19)27-21(28)15-5-7-16(24)8-6-15/h2-8,13,18H,9-12H2,1H3,(H,25,29)(H,26,27,28)/t18-/m1/s1. The van der Waals surface area contributed by atoms with Crippen LogP contribution in [0.2, 0.25) is 0 Å². The van der Waals surface area contributed by atoms with Crippen LogP contribution in [0, 0.1) is 5.82 Å². The molecule has 1 aliphatic carbocycles. The fourth-order valence-corrected chi connectivity index (χ4v) is 4.62. The van der Waals surface area contributed by atoms with E-state index in [2.05, 4.69) is 15.6 Å². The summed E-state index contributed by atoms with van der Waals surface area (Å²) in [7, 11) is 1.63. The van der Waals surface area contributed by atoms with E-state index in [1.807, 2.05) is 24.3 Å². The van der Waals surface area contributed by atoms with Crippen molar-refractivity contribution in [2.45, 2.75) is 25.2 Å². The third-order valence-corrected chi connectivity index (χ3v) is 6.25. The molecule has 0 spiro atoms. The topological polar surface area (TPSA) is 80.3 Å². The summed E-state index contributed by atoms with van der Waals surface area (Å²) >= 11 is 1.38. The first kappa shape index (κ1) is 21.0. The second-order valence-corrected chi connectivity index (χ2v) is 8.36. The minimum atomic E-state index is -0.398. The Morgan fingerprint density at radius 1 is 1.23 bits per heavy atom.